The van der Waals surface area contributed by atoms with Crippen molar-refractivity contribution in [2.24, 2.45) is 0 Å². The van der Waals surface area contributed by atoms with Gasteiger partial charge in [-0.25, -0.2) is 4.39 Å². The van der Waals surface area contributed by atoms with E-state index in [9.17, 15) is 9.50 Å². The molecule has 1 aromatic rings. The van der Waals surface area contributed by atoms with E-state index in [1.807, 2.05) is 0 Å². The molecule has 1 N–H and O–H groups in total. The van der Waals surface area contributed by atoms with Crippen molar-refractivity contribution in [1.29, 1.82) is 0 Å². The van der Waals surface area contributed by atoms with Gasteiger partial charge in [-0.15, -0.1) is 0 Å². The van der Waals surface area contributed by atoms with Crippen LogP contribution in [0, 0.1) is 5.82 Å². The third kappa shape index (κ3) is 3.04. The van der Waals surface area contributed by atoms with Crippen LogP contribution in [0.3, 0.4) is 0 Å². The fourth-order valence-corrected chi connectivity index (χ4v) is 2.94. The molecule has 0 spiro atoms. The van der Waals surface area contributed by atoms with Crippen molar-refractivity contribution >= 4 is 0 Å². The Kier molecular flexibility index (Phi) is 4.81. The van der Waals surface area contributed by atoms with Crippen LogP contribution in [0.25, 0.3) is 0 Å². The van der Waals surface area contributed by atoms with E-state index in [0.29, 0.717) is 5.75 Å². The molecule has 1 aliphatic rings. The first-order valence-electron chi connectivity index (χ1n) is 7.32. The smallest absolute Gasteiger partial charge is 0.133 e. The molecule has 0 amide bonds. The van der Waals surface area contributed by atoms with E-state index in [-0.39, 0.29) is 5.56 Å². The molecule has 1 aliphatic carbocycles. The maximum absolute atomic E-state index is 14.2. The van der Waals surface area contributed by atoms with E-state index in [1.165, 1.54) is 26.0 Å². The Morgan fingerprint density at radius 2 is 1.95 bits per heavy atom. The molecule has 0 saturated carbocycles. The van der Waals surface area contributed by atoms with E-state index in [4.69, 9.17) is 4.74 Å². The molecule has 2 nitrogen and oxygen atoms in total. The minimum Gasteiger partial charge on any atom is -0.496 e. The first kappa shape index (κ1) is 15.0. The fraction of sp³-hybridized carbons (Fsp3) is 0.529. The topological polar surface area (TPSA) is 29.5 Å². The first-order valence-corrected chi connectivity index (χ1v) is 7.32. The predicted octanol–water partition coefficient (Wildman–Crippen LogP) is 4.32. The van der Waals surface area contributed by atoms with Crippen LogP contribution < -0.4 is 4.74 Å². The highest BCUT2D eigenvalue weighted by Gasteiger charge is 2.33. The van der Waals surface area contributed by atoms with Gasteiger partial charge in [0.25, 0.3) is 0 Å². The van der Waals surface area contributed by atoms with E-state index in [2.05, 4.69) is 6.08 Å². The summed E-state index contributed by atoms with van der Waals surface area (Å²) >= 11 is 0. The van der Waals surface area contributed by atoms with Crippen LogP contribution in [0.1, 0.15) is 51.0 Å². The van der Waals surface area contributed by atoms with Gasteiger partial charge in [0.15, 0.2) is 0 Å². The largest absolute Gasteiger partial charge is 0.496 e. The number of aliphatic hydroxyl groups is 1. The number of hydrogen-bond donors (Lipinski definition) is 1. The summed E-state index contributed by atoms with van der Waals surface area (Å²) < 4.78 is 19.4. The SMILES string of the molecule is COc1cccc(F)c1C(C)(O)/C1=C/CCCCCC1. The summed E-state index contributed by atoms with van der Waals surface area (Å²) in [5.74, 6) is -0.0183. The van der Waals surface area contributed by atoms with Gasteiger partial charge in [-0.05, 0) is 50.3 Å². The molecule has 2 rings (SSSR count). The zero-order valence-corrected chi connectivity index (χ0v) is 12.3. The summed E-state index contributed by atoms with van der Waals surface area (Å²) in [6.45, 7) is 1.67. The van der Waals surface area contributed by atoms with E-state index >= 15 is 0 Å². The Balaban J connectivity index is 2.43. The van der Waals surface area contributed by atoms with Crippen molar-refractivity contribution < 1.29 is 14.2 Å². The van der Waals surface area contributed by atoms with E-state index in [0.717, 1.165) is 31.3 Å². The second kappa shape index (κ2) is 6.40. The van der Waals surface area contributed by atoms with Crippen molar-refractivity contribution in [3.63, 3.8) is 0 Å². The number of methoxy groups -OCH3 is 1. The average Bonchev–Trinajstić information content (AvgIpc) is 2.37. The molecule has 0 saturated heterocycles. The van der Waals surface area contributed by atoms with E-state index < -0.39 is 11.4 Å². The summed E-state index contributed by atoms with van der Waals surface area (Å²) in [6.07, 6.45) is 8.40. The Labute approximate surface area is 120 Å². The van der Waals surface area contributed by atoms with Gasteiger partial charge >= 0.3 is 0 Å². The van der Waals surface area contributed by atoms with Gasteiger partial charge in [-0.3, -0.25) is 0 Å². The standard InChI is InChI=1S/C17H23FO2/c1-17(19,13-9-6-4-3-5-7-10-13)16-14(18)11-8-12-15(16)20-2/h8-9,11-12,19H,3-7,10H2,1-2H3/b13-9+. The lowest BCUT2D eigenvalue weighted by molar-refractivity contribution is 0.0849. The van der Waals surface area contributed by atoms with Crippen LogP contribution >= 0.6 is 0 Å². The Morgan fingerprint density at radius 3 is 2.70 bits per heavy atom. The van der Waals surface area contributed by atoms with Gasteiger partial charge < -0.3 is 9.84 Å². The van der Waals surface area contributed by atoms with Crippen LogP contribution in [0.15, 0.2) is 29.8 Å². The van der Waals surface area contributed by atoms with Crippen LogP contribution in [-0.4, -0.2) is 12.2 Å². The summed E-state index contributed by atoms with van der Waals surface area (Å²) in [5, 5.41) is 10.9. The zero-order valence-electron chi connectivity index (χ0n) is 12.3. The van der Waals surface area contributed by atoms with Crippen LogP contribution in [0.2, 0.25) is 0 Å². The lowest BCUT2D eigenvalue weighted by Gasteiger charge is -2.30. The molecule has 0 radical (unpaired) electrons. The Morgan fingerprint density at radius 1 is 1.20 bits per heavy atom. The molecule has 0 heterocycles. The minimum absolute atomic E-state index is 0.245. The highest BCUT2D eigenvalue weighted by atomic mass is 19.1. The summed E-state index contributed by atoms with van der Waals surface area (Å²) in [6, 6.07) is 4.66. The number of benzene rings is 1. The molecule has 1 unspecified atom stereocenters. The van der Waals surface area contributed by atoms with Crippen molar-refractivity contribution in [2.45, 2.75) is 51.0 Å². The first-order chi connectivity index (χ1) is 9.57. The van der Waals surface area contributed by atoms with Gasteiger partial charge in [-0.1, -0.05) is 25.0 Å². The molecule has 0 aliphatic heterocycles. The number of allylic oxidation sites excluding steroid dienone is 1. The molecule has 110 valence electrons. The summed E-state index contributed by atoms with van der Waals surface area (Å²) in [5.41, 5.74) is -0.163. The van der Waals surface area contributed by atoms with Crippen molar-refractivity contribution in [2.75, 3.05) is 7.11 Å². The highest BCUT2D eigenvalue weighted by molar-refractivity contribution is 5.43. The average molecular weight is 278 g/mol. The van der Waals surface area contributed by atoms with Gasteiger partial charge in [0.1, 0.15) is 17.2 Å². The zero-order chi connectivity index (χ0) is 14.6. The molecule has 0 aromatic heterocycles. The summed E-state index contributed by atoms with van der Waals surface area (Å²) in [7, 11) is 1.50. The molecule has 1 aromatic carbocycles. The Bertz CT molecular complexity index is 492. The van der Waals surface area contributed by atoms with Gasteiger partial charge in [0.05, 0.1) is 12.7 Å². The number of halogens is 1. The molecule has 0 fully saturated rings. The fourth-order valence-electron chi connectivity index (χ4n) is 2.94. The maximum Gasteiger partial charge on any atom is 0.133 e. The van der Waals surface area contributed by atoms with Gasteiger partial charge in [0, 0.05) is 0 Å². The quantitative estimate of drug-likeness (QED) is 0.834. The van der Waals surface area contributed by atoms with Crippen LogP contribution in [0.5, 0.6) is 5.75 Å². The predicted molar refractivity (Wildman–Crippen MR) is 78.3 cm³/mol. The molecule has 20 heavy (non-hydrogen) atoms. The second-order valence-electron chi connectivity index (χ2n) is 5.57. The molecule has 1 atom stereocenters. The number of rotatable bonds is 3. The molecular formula is C17H23FO2. The lowest BCUT2D eigenvalue weighted by atomic mass is 9.82. The van der Waals surface area contributed by atoms with Crippen molar-refractivity contribution in [3.8, 4) is 5.75 Å². The normalized spacial score (nSPS) is 22.1. The van der Waals surface area contributed by atoms with Crippen LogP contribution in [-0.2, 0) is 5.60 Å². The van der Waals surface area contributed by atoms with E-state index in [1.54, 1.807) is 19.1 Å². The number of hydrogen-bond acceptors (Lipinski definition) is 2. The molecule has 0 bridgehead atoms. The molecular weight excluding hydrogens is 255 g/mol. The number of ether oxygens (including phenoxy) is 1. The summed E-state index contributed by atoms with van der Waals surface area (Å²) in [4.78, 5) is 0. The molecule has 3 heteroatoms. The third-order valence-electron chi connectivity index (χ3n) is 4.10. The van der Waals surface area contributed by atoms with Crippen molar-refractivity contribution in [1.82, 2.24) is 0 Å². The minimum atomic E-state index is -1.31. The Hall–Kier alpha value is -1.35. The second-order valence-corrected chi connectivity index (χ2v) is 5.57. The highest BCUT2D eigenvalue weighted by Crippen LogP contribution is 2.40. The maximum atomic E-state index is 14.2. The van der Waals surface area contributed by atoms with Gasteiger partial charge in [0.2, 0.25) is 0 Å². The van der Waals surface area contributed by atoms with Crippen LogP contribution in [0.4, 0.5) is 4.39 Å². The van der Waals surface area contributed by atoms with Crippen molar-refractivity contribution in [3.05, 3.63) is 41.2 Å². The third-order valence-corrected chi connectivity index (χ3v) is 4.10. The monoisotopic (exact) mass is 278 g/mol. The van der Waals surface area contributed by atoms with Gasteiger partial charge in [-0.2, -0.15) is 0 Å². The lowest BCUT2D eigenvalue weighted by Crippen LogP contribution is -2.27.